The Morgan fingerprint density at radius 3 is 2.41 bits per heavy atom. The second-order valence-electron chi connectivity index (χ2n) is 4.90. The van der Waals surface area contributed by atoms with E-state index >= 15 is 0 Å². The topological polar surface area (TPSA) is 81.1 Å². The van der Waals surface area contributed by atoms with Gasteiger partial charge >= 0.3 is 5.97 Å². The molecule has 0 aliphatic carbocycles. The van der Waals surface area contributed by atoms with Crippen molar-refractivity contribution in [3.8, 4) is 0 Å². The first-order chi connectivity index (χ1) is 7.73. The Bertz CT molecular complexity index is 435. The molecule has 0 saturated heterocycles. The van der Waals surface area contributed by atoms with Gasteiger partial charge in [-0.05, 0) is 20.8 Å². The highest BCUT2D eigenvalue weighted by Crippen LogP contribution is 2.31. The van der Waals surface area contributed by atoms with Crippen LogP contribution >= 0.6 is 0 Å². The van der Waals surface area contributed by atoms with Crippen LogP contribution in [0.15, 0.2) is 0 Å². The molecule has 0 bridgehead atoms. The van der Waals surface area contributed by atoms with Gasteiger partial charge in [-0.15, -0.1) is 0 Å². The maximum atomic E-state index is 11.1. The fourth-order valence-electron chi connectivity index (χ4n) is 2.40. The summed E-state index contributed by atoms with van der Waals surface area (Å²) in [6.45, 7) is 10.3. The molecular formula is C12H21N3O2. The van der Waals surface area contributed by atoms with Gasteiger partial charge < -0.3 is 10.8 Å². The average Bonchev–Trinajstić information content (AvgIpc) is 2.52. The second kappa shape index (κ2) is 4.49. The number of hydrogen-bond acceptors (Lipinski definition) is 3. The molecule has 3 N–H and O–H groups in total. The van der Waals surface area contributed by atoms with Gasteiger partial charge in [0.2, 0.25) is 0 Å². The predicted octanol–water partition coefficient (Wildman–Crippen LogP) is 1.21. The Balaban J connectivity index is 3.32. The van der Waals surface area contributed by atoms with Gasteiger partial charge in [-0.1, -0.05) is 13.8 Å². The summed E-state index contributed by atoms with van der Waals surface area (Å²) in [5.74, 6) is -0.988. The van der Waals surface area contributed by atoms with Gasteiger partial charge in [0.1, 0.15) is 6.04 Å². The highest BCUT2D eigenvalue weighted by Gasteiger charge is 2.37. The quantitative estimate of drug-likeness (QED) is 0.827. The Morgan fingerprint density at radius 1 is 1.53 bits per heavy atom. The molecule has 1 aromatic heterocycles. The summed E-state index contributed by atoms with van der Waals surface area (Å²) in [6, 6.07) is -0.936. The van der Waals surface area contributed by atoms with Crippen molar-refractivity contribution in [2.75, 3.05) is 0 Å². The van der Waals surface area contributed by atoms with E-state index in [1.54, 1.807) is 0 Å². The molecule has 5 heteroatoms. The highest BCUT2D eigenvalue weighted by molar-refractivity contribution is 5.75. The zero-order valence-corrected chi connectivity index (χ0v) is 11.1. The number of carbonyl (C=O) groups is 1. The first-order valence-corrected chi connectivity index (χ1v) is 5.76. The van der Waals surface area contributed by atoms with Gasteiger partial charge in [-0.3, -0.25) is 9.48 Å². The zero-order valence-electron chi connectivity index (χ0n) is 11.1. The summed E-state index contributed by atoms with van der Waals surface area (Å²) in [7, 11) is 0. The lowest BCUT2D eigenvalue weighted by Gasteiger charge is -2.29. The van der Waals surface area contributed by atoms with Crippen molar-refractivity contribution in [3.63, 3.8) is 0 Å². The Labute approximate surface area is 102 Å². The third-order valence-electron chi connectivity index (χ3n) is 3.37. The number of carboxylic acid groups (broad SMARTS) is 1. The van der Waals surface area contributed by atoms with Gasteiger partial charge in [-0.25, -0.2) is 0 Å². The molecule has 0 spiro atoms. The predicted molar refractivity (Wildman–Crippen MR) is 66.0 cm³/mol. The minimum absolute atomic E-state index is 0.632. The fraction of sp³-hybridized carbons (Fsp3) is 0.667. The minimum atomic E-state index is -0.988. The number of aliphatic carboxylic acids is 1. The van der Waals surface area contributed by atoms with Gasteiger partial charge in [0.25, 0.3) is 0 Å². The molecule has 1 heterocycles. The van der Waals surface area contributed by atoms with Crippen molar-refractivity contribution in [2.45, 2.75) is 52.6 Å². The molecular weight excluding hydrogens is 218 g/mol. The van der Waals surface area contributed by atoms with E-state index in [2.05, 4.69) is 5.10 Å². The number of carboxylic acids is 1. The van der Waals surface area contributed by atoms with Crippen LogP contribution in [0.3, 0.4) is 0 Å². The highest BCUT2D eigenvalue weighted by atomic mass is 16.4. The van der Waals surface area contributed by atoms with Crippen LogP contribution in [0, 0.1) is 13.8 Å². The minimum Gasteiger partial charge on any atom is -0.480 e. The molecule has 0 radical (unpaired) electrons. The molecule has 5 nitrogen and oxygen atoms in total. The van der Waals surface area contributed by atoms with Crippen LogP contribution in [0.5, 0.6) is 0 Å². The molecule has 0 amide bonds. The molecule has 0 fully saturated rings. The summed E-state index contributed by atoms with van der Waals surface area (Å²) >= 11 is 0. The monoisotopic (exact) mass is 239 g/mol. The van der Waals surface area contributed by atoms with E-state index in [4.69, 9.17) is 10.8 Å². The lowest BCUT2D eigenvalue weighted by molar-refractivity contribution is -0.140. The van der Waals surface area contributed by atoms with Crippen molar-refractivity contribution >= 4 is 5.97 Å². The molecule has 1 atom stereocenters. The normalized spacial score (nSPS) is 13.8. The lowest BCUT2D eigenvalue weighted by atomic mass is 9.77. The number of nitrogens with two attached hydrogens (primary N) is 1. The van der Waals surface area contributed by atoms with E-state index in [1.807, 2.05) is 39.3 Å². The summed E-state index contributed by atoms with van der Waals surface area (Å²) in [4.78, 5) is 11.1. The summed E-state index contributed by atoms with van der Waals surface area (Å²) < 4.78 is 1.88. The third kappa shape index (κ3) is 2.20. The number of nitrogens with zero attached hydrogens (tertiary/aromatic N) is 2. The van der Waals surface area contributed by atoms with Crippen molar-refractivity contribution in [3.05, 3.63) is 17.0 Å². The summed E-state index contributed by atoms with van der Waals surface area (Å²) in [5, 5.41) is 13.5. The van der Waals surface area contributed by atoms with E-state index in [0.717, 1.165) is 23.5 Å². The van der Waals surface area contributed by atoms with Gasteiger partial charge in [-0.2, -0.15) is 5.10 Å². The van der Waals surface area contributed by atoms with Gasteiger partial charge in [0, 0.05) is 23.2 Å². The maximum Gasteiger partial charge on any atom is 0.321 e. The third-order valence-corrected chi connectivity index (χ3v) is 3.37. The van der Waals surface area contributed by atoms with Crippen molar-refractivity contribution in [1.29, 1.82) is 0 Å². The first-order valence-electron chi connectivity index (χ1n) is 5.76. The average molecular weight is 239 g/mol. The van der Waals surface area contributed by atoms with Crippen molar-refractivity contribution in [1.82, 2.24) is 9.78 Å². The molecule has 17 heavy (non-hydrogen) atoms. The van der Waals surface area contributed by atoms with Crippen LogP contribution < -0.4 is 5.73 Å². The molecule has 0 aromatic carbocycles. The fourth-order valence-corrected chi connectivity index (χ4v) is 2.40. The van der Waals surface area contributed by atoms with Crippen LogP contribution in [0.2, 0.25) is 0 Å². The van der Waals surface area contributed by atoms with E-state index in [9.17, 15) is 4.79 Å². The molecule has 96 valence electrons. The SMILES string of the molecule is CCn1nc(C)c(C(C)(C)C(N)C(=O)O)c1C. The zero-order chi connectivity index (χ0) is 13.4. The van der Waals surface area contributed by atoms with Gasteiger partial charge in [0.15, 0.2) is 0 Å². The Kier molecular flexibility index (Phi) is 3.62. The van der Waals surface area contributed by atoms with Gasteiger partial charge in [0.05, 0.1) is 5.69 Å². The molecule has 0 saturated carbocycles. The molecule has 0 aliphatic heterocycles. The van der Waals surface area contributed by atoms with E-state index < -0.39 is 17.4 Å². The van der Waals surface area contributed by atoms with Crippen LogP contribution in [-0.2, 0) is 16.8 Å². The van der Waals surface area contributed by atoms with Crippen molar-refractivity contribution in [2.24, 2.45) is 5.73 Å². The summed E-state index contributed by atoms with van der Waals surface area (Å²) in [5.41, 5.74) is 7.93. The number of aryl methyl sites for hydroxylation is 2. The molecule has 1 unspecified atom stereocenters. The Morgan fingerprint density at radius 2 is 2.06 bits per heavy atom. The molecule has 0 aliphatic rings. The molecule has 1 aromatic rings. The number of aromatic nitrogens is 2. The Hall–Kier alpha value is -1.36. The van der Waals surface area contributed by atoms with Crippen LogP contribution in [-0.4, -0.2) is 26.9 Å². The van der Waals surface area contributed by atoms with E-state index in [1.165, 1.54) is 0 Å². The van der Waals surface area contributed by atoms with Crippen molar-refractivity contribution < 1.29 is 9.90 Å². The van der Waals surface area contributed by atoms with Crippen LogP contribution in [0.25, 0.3) is 0 Å². The van der Waals surface area contributed by atoms with E-state index in [-0.39, 0.29) is 0 Å². The largest absolute Gasteiger partial charge is 0.480 e. The first kappa shape index (κ1) is 13.7. The maximum absolute atomic E-state index is 11.1. The number of rotatable bonds is 4. The van der Waals surface area contributed by atoms with Crippen LogP contribution in [0.4, 0.5) is 0 Å². The summed E-state index contributed by atoms with van der Waals surface area (Å²) in [6.07, 6.45) is 0. The number of hydrogen-bond donors (Lipinski definition) is 2. The smallest absolute Gasteiger partial charge is 0.321 e. The van der Waals surface area contributed by atoms with E-state index in [0.29, 0.717) is 0 Å². The standard InChI is InChI=1S/C12H21N3O2/c1-6-15-8(3)9(7(2)14-15)12(4,5)10(13)11(16)17/h10H,6,13H2,1-5H3,(H,16,17). The molecule has 1 rings (SSSR count). The lowest BCUT2D eigenvalue weighted by Crippen LogP contribution is -2.47. The second-order valence-corrected chi connectivity index (χ2v) is 4.90. The van der Waals surface area contributed by atoms with Crippen LogP contribution in [0.1, 0.15) is 37.7 Å².